The lowest BCUT2D eigenvalue weighted by atomic mass is 9.61. The molecule has 0 aromatic heterocycles. The first kappa shape index (κ1) is 13.6. The first-order valence-electron chi connectivity index (χ1n) is 8.12. The monoisotopic (exact) mass is 290 g/mol. The summed E-state index contributed by atoms with van der Waals surface area (Å²) in [7, 11) is 0. The topological polar surface area (TPSA) is 15.3 Å². The first-order chi connectivity index (χ1) is 10.8. The van der Waals surface area contributed by atoms with E-state index in [9.17, 15) is 0 Å². The van der Waals surface area contributed by atoms with Crippen LogP contribution >= 0.6 is 0 Å². The Hall–Kier alpha value is -2.06. The first-order valence-corrected chi connectivity index (χ1v) is 8.12. The summed E-state index contributed by atoms with van der Waals surface area (Å²) in [4.78, 5) is 2.43. The Balaban J connectivity index is 1.77. The van der Waals surface area contributed by atoms with Gasteiger partial charge in [0.1, 0.15) is 0 Å². The largest absolute Gasteiger partial charge is 0.337 e. The molecule has 2 heterocycles. The van der Waals surface area contributed by atoms with Gasteiger partial charge in [0.2, 0.25) is 0 Å². The predicted molar refractivity (Wildman–Crippen MR) is 91.8 cm³/mol. The Morgan fingerprint density at radius 1 is 0.909 bits per heavy atom. The fourth-order valence-electron chi connectivity index (χ4n) is 4.17. The molecule has 1 spiro atoms. The average molecular weight is 290 g/mol. The molecule has 2 aliphatic rings. The normalized spacial score (nSPS) is 23.4. The Kier molecular flexibility index (Phi) is 3.27. The SMILES string of the molecule is C=C1N(c2ccccc2)C(c2ccccc2)C12CCNCC2. The quantitative estimate of drug-likeness (QED) is 0.894. The molecule has 1 N–H and O–H groups in total. The number of nitrogens with one attached hydrogen (secondary N) is 1. The average Bonchev–Trinajstić information content (AvgIpc) is 2.61. The lowest BCUT2D eigenvalue weighted by Gasteiger charge is -2.62. The molecule has 22 heavy (non-hydrogen) atoms. The Morgan fingerprint density at radius 2 is 1.50 bits per heavy atom. The summed E-state index contributed by atoms with van der Waals surface area (Å²) in [6, 6.07) is 22.0. The van der Waals surface area contributed by atoms with Crippen molar-refractivity contribution in [1.29, 1.82) is 0 Å². The molecular formula is C20H22N2. The number of anilines is 1. The van der Waals surface area contributed by atoms with Crippen LogP contribution in [0.5, 0.6) is 0 Å². The Bertz CT molecular complexity index is 657. The summed E-state index contributed by atoms with van der Waals surface area (Å²) >= 11 is 0. The van der Waals surface area contributed by atoms with Crippen LogP contribution in [-0.4, -0.2) is 13.1 Å². The number of piperidine rings is 1. The van der Waals surface area contributed by atoms with E-state index in [2.05, 4.69) is 77.5 Å². The fraction of sp³-hybridized carbons (Fsp3) is 0.300. The molecular weight excluding hydrogens is 268 g/mol. The minimum atomic E-state index is 0.225. The molecule has 2 aromatic carbocycles. The second-order valence-corrected chi connectivity index (χ2v) is 6.37. The lowest BCUT2D eigenvalue weighted by Crippen LogP contribution is -2.59. The highest BCUT2D eigenvalue weighted by molar-refractivity contribution is 5.63. The maximum Gasteiger partial charge on any atom is 0.0700 e. The lowest BCUT2D eigenvalue weighted by molar-refractivity contribution is 0.134. The van der Waals surface area contributed by atoms with Gasteiger partial charge in [-0.1, -0.05) is 55.1 Å². The van der Waals surface area contributed by atoms with Gasteiger partial charge >= 0.3 is 0 Å². The van der Waals surface area contributed by atoms with Gasteiger partial charge in [-0.25, -0.2) is 0 Å². The van der Waals surface area contributed by atoms with Crippen molar-refractivity contribution in [1.82, 2.24) is 5.32 Å². The highest BCUT2D eigenvalue weighted by Crippen LogP contribution is 2.61. The molecule has 2 heteroatoms. The Morgan fingerprint density at radius 3 is 2.14 bits per heavy atom. The second kappa shape index (κ2) is 5.29. The van der Waals surface area contributed by atoms with E-state index in [0.717, 1.165) is 13.1 Å². The van der Waals surface area contributed by atoms with Gasteiger partial charge in [0, 0.05) is 16.8 Å². The van der Waals surface area contributed by atoms with Gasteiger partial charge in [-0.3, -0.25) is 0 Å². The third kappa shape index (κ3) is 1.91. The van der Waals surface area contributed by atoms with Crippen molar-refractivity contribution in [3.63, 3.8) is 0 Å². The standard InChI is InChI=1S/C20H22N2/c1-16-20(12-14-21-15-13-20)19(17-8-4-2-5-9-17)22(16)18-10-6-3-7-11-18/h2-11,19,21H,1,12-15H2. The fourth-order valence-corrected chi connectivity index (χ4v) is 4.17. The van der Waals surface area contributed by atoms with Crippen molar-refractivity contribution in [2.45, 2.75) is 18.9 Å². The maximum absolute atomic E-state index is 4.47. The van der Waals surface area contributed by atoms with Gasteiger partial charge in [-0.05, 0) is 43.6 Å². The molecule has 2 nitrogen and oxygen atoms in total. The van der Waals surface area contributed by atoms with Gasteiger partial charge in [-0.2, -0.15) is 0 Å². The van der Waals surface area contributed by atoms with Crippen molar-refractivity contribution >= 4 is 5.69 Å². The van der Waals surface area contributed by atoms with Crippen molar-refractivity contribution in [3.8, 4) is 0 Å². The van der Waals surface area contributed by atoms with Crippen LogP contribution in [0.4, 0.5) is 5.69 Å². The summed E-state index contributed by atoms with van der Waals surface area (Å²) in [5.74, 6) is 0. The van der Waals surface area contributed by atoms with Gasteiger partial charge in [0.25, 0.3) is 0 Å². The summed E-state index contributed by atoms with van der Waals surface area (Å²) in [5, 5.41) is 3.50. The molecule has 2 fully saturated rings. The van der Waals surface area contributed by atoms with Crippen LogP contribution < -0.4 is 10.2 Å². The van der Waals surface area contributed by atoms with E-state index in [4.69, 9.17) is 0 Å². The van der Waals surface area contributed by atoms with E-state index in [1.807, 2.05) is 0 Å². The number of hydrogen-bond donors (Lipinski definition) is 1. The zero-order valence-corrected chi connectivity index (χ0v) is 12.8. The van der Waals surface area contributed by atoms with Crippen LogP contribution in [0.2, 0.25) is 0 Å². The third-order valence-electron chi connectivity index (χ3n) is 5.29. The smallest absolute Gasteiger partial charge is 0.0700 e. The molecule has 2 saturated heterocycles. The van der Waals surface area contributed by atoms with Crippen LogP contribution in [-0.2, 0) is 0 Å². The maximum atomic E-state index is 4.47. The van der Waals surface area contributed by atoms with Crippen molar-refractivity contribution in [2.24, 2.45) is 5.41 Å². The summed E-state index contributed by atoms with van der Waals surface area (Å²) in [6.45, 7) is 6.65. The van der Waals surface area contributed by atoms with Gasteiger partial charge < -0.3 is 10.2 Å². The van der Waals surface area contributed by atoms with Crippen LogP contribution in [0.15, 0.2) is 72.9 Å². The van der Waals surface area contributed by atoms with Crippen molar-refractivity contribution in [3.05, 3.63) is 78.5 Å². The van der Waals surface area contributed by atoms with E-state index < -0.39 is 0 Å². The van der Waals surface area contributed by atoms with Crippen LogP contribution in [0, 0.1) is 5.41 Å². The van der Waals surface area contributed by atoms with Crippen molar-refractivity contribution < 1.29 is 0 Å². The van der Waals surface area contributed by atoms with E-state index >= 15 is 0 Å². The van der Waals surface area contributed by atoms with Gasteiger partial charge in [-0.15, -0.1) is 0 Å². The molecule has 112 valence electrons. The molecule has 0 bridgehead atoms. The number of rotatable bonds is 2. The molecule has 0 radical (unpaired) electrons. The van der Waals surface area contributed by atoms with Crippen LogP contribution in [0.3, 0.4) is 0 Å². The molecule has 4 rings (SSSR count). The van der Waals surface area contributed by atoms with E-state index in [1.54, 1.807) is 0 Å². The van der Waals surface area contributed by atoms with Crippen LogP contribution in [0.25, 0.3) is 0 Å². The molecule has 2 aliphatic heterocycles. The molecule has 0 saturated carbocycles. The molecule has 0 amide bonds. The number of para-hydroxylation sites is 1. The molecule has 2 aromatic rings. The molecule has 0 aliphatic carbocycles. The summed E-state index contributed by atoms with van der Waals surface area (Å²) in [6.07, 6.45) is 2.35. The highest BCUT2D eigenvalue weighted by Gasteiger charge is 2.56. The Labute approximate surface area is 132 Å². The predicted octanol–water partition coefficient (Wildman–Crippen LogP) is 4.13. The zero-order chi connectivity index (χ0) is 15.0. The number of benzene rings is 2. The number of nitrogens with zero attached hydrogens (tertiary/aromatic N) is 1. The summed E-state index contributed by atoms with van der Waals surface area (Å²) < 4.78 is 0. The van der Waals surface area contributed by atoms with Gasteiger partial charge in [0.15, 0.2) is 0 Å². The van der Waals surface area contributed by atoms with E-state index in [-0.39, 0.29) is 5.41 Å². The van der Waals surface area contributed by atoms with E-state index in [1.165, 1.54) is 29.8 Å². The minimum Gasteiger partial charge on any atom is -0.337 e. The highest BCUT2D eigenvalue weighted by atomic mass is 15.3. The van der Waals surface area contributed by atoms with Crippen molar-refractivity contribution in [2.75, 3.05) is 18.0 Å². The van der Waals surface area contributed by atoms with Gasteiger partial charge in [0.05, 0.1) is 6.04 Å². The molecule has 1 unspecified atom stereocenters. The van der Waals surface area contributed by atoms with Crippen LogP contribution in [0.1, 0.15) is 24.4 Å². The van der Waals surface area contributed by atoms with E-state index in [0.29, 0.717) is 6.04 Å². The summed E-state index contributed by atoms with van der Waals surface area (Å²) in [5.41, 5.74) is 4.17. The third-order valence-corrected chi connectivity index (χ3v) is 5.29. The second-order valence-electron chi connectivity index (χ2n) is 6.37. The zero-order valence-electron chi connectivity index (χ0n) is 12.8. The number of hydrogen-bond acceptors (Lipinski definition) is 2. The minimum absolute atomic E-state index is 0.225. The molecule has 1 atom stereocenters.